The predicted octanol–water partition coefficient (Wildman–Crippen LogP) is 0.968. The van der Waals surface area contributed by atoms with Crippen LogP contribution in [0.4, 0.5) is 0 Å². The van der Waals surface area contributed by atoms with E-state index in [9.17, 15) is 4.79 Å². The molecule has 1 N–H and O–H groups in total. The number of hydrogen-bond donors (Lipinski definition) is 1. The zero-order valence-corrected chi connectivity index (χ0v) is 10.9. The van der Waals surface area contributed by atoms with Crippen LogP contribution in [-0.2, 0) is 16.1 Å². The molecular weight excluding hydrogens is 232 g/mol. The Labute approximate surface area is 107 Å². The van der Waals surface area contributed by atoms with Crippen molar-refractivity contribution in [3.05, 3.63) is 12.2 Å². The smallest absolute Gasteiger partial charge is 0.222 e. The third-order valence-electron chi connectivity index (χ3n) is 3.34. The molecule has 18 heavy (non-hydrogen) atoms. The summed E-state index contributed by atoms with van der Waals surface area (Å²) in [6.07, 6.45) is 4.44. The van der Waals surface area contributed by atoms with Crippen LogP contribution in [0.2, 0.25) is 0 Å². The molecule has 0 atom stereocenters. The molecule has 1 aromatic rings. The number of rotatable bonds is 6. The standard InChI is InChI=1S/C12H20N4O2/c1-3-18-10-4-9(5-10)6-12(17)16(2)7-11-13-8-14-15-11/h8-10H,3-7H2,1-2H3,(H,13,14,15). The molecule has 1 aliphatic carbocycles. The molecule has 1 heterocycles. The average molecular weight is 252 g/mol. The van der Waals surface area contributed by atoms with Gasteiger partial charge in [0.05, 0.1) is 12.6 Å². The Hall–Kier alpha value is -1.43. The number of nitrogens with one attached hydrogen (secondary N) is 1. The molecule has 0 saturated heterocycles. The molecular formula is C12H20N4O2. The average Bonchev–Trinajstić information content (AvgIpc) is 2.78. The maximum atomic E-state index is 12.0. The second-order valence-corrected chi connectivity index (χ2v) is 4.80. The van der Waals surface area contributed by atoms with Crippen molar-refractivity contribution in [1.29, 1.82) is 0 Å². The van der Waals surface area contributed by atoms with Crippen molar-refractivity contribution in [2.24, 2.45) is 5.92 Å². The SMILES string of the molecule is CCOC1CC(CC(=O)N(C)Cc2ncn[nH]2)C1. The molecule has 1 aliphatic rings. The van der Waals surface area contributed by atoms with Gasteiger partial charge in [0.25, 0.3) is 0 Å². The summed E-state index contributed by atoms with van der Waals surface area (Å²) in [4.78, 5) is 17.7. The highest BCUT2D eigenvalue weighted by Gasteiger charge is 2.31. The largest absolute Gasteiger partial charge is 0.378 e. The zero-order valence-electron chi connectivity index (χ0n) is 10.9. The van der Waals surface area contributed by atoms with Gasteiger partial charge in [-0.05, 0) is 25.7 Å². The second kappa shape index (κ2) is 5.95. The van der Waals surface area contributed by atoms with E-state index in [1.54, 1.807) is 11.9 Å². The summed E-state index contributed by atoms with van der Waals surface area (Å²) in [6.45, 7) is 3.25. The van der Waals surface area contributed by atoms with Gasteiger partial charge < -0.3 is 9.64 Å². The van der Waals surface area contributed by atoms with Crippen LogP contribution in [0.3, 0.4) is 0 Å². The van der Waals surface area contributed by atoms with Crippen molar-refractivity contribution in [2.75, 3.05) is 13.7 Å². The van der Waals surface area contributed by atoms with E-state index in [4.69, 9.17) is 4.74 Å². The first-order chi connectivity index (χ1) is 8.69. The molecule has 0 aromatic carbocycles. The molecule has 0 bridgehead atoms. The monoisotopic (exact) mass is 252 g/mol. The summed E-state index contributed by atoms with van der Waals surface area (Å²) in [5, 5.41) is 6.52. The molecule has 1 aromatic heterocycles. The topological polar surface area (TPSA) is 71.1 Å². The second-order valence-electron chi connectivity index (χ2n) is 4.80. The fraction of sp³-hybridized carbons (Fsp3) is 0.750. The maximum Gasteiger partial charge on any atom is 0.222 e. The number of amides is 1. The number of aromatic amines is 1. The van der Waals surface area contributed by atoms with E-state index >= 15 is 0 Å². The number of nitrogens with zero attached hydrogens (tertiary/aromatic N) is 3. The fourth-order valence-electron chi connectivity index (χ4n) is 2.24. The molecule has 1 amide bonds. The first-order valence-electron chi connectivity index (χ1n) is 6.38. The van der Waals surface area contributed by atoms with E-state index in [0.29, 0.717) is 30.8 Å². The minimum atomic E-state index is 0.159. The number of ether oxygens (including phenoxy) is 1. The lowest BCUT2D eigenvalue weighted by Gasteiger charge is -2.35. The van der Waals surface area contributed by atoms with Gasteiger partial charge >= 0.3 is 0 Å². The molecule has 1 saturated carbocycles. The molecule has 0 radical (unpaired) electrons. The van der Waals surface area contributed by atoms with Crippen LogP contribution in [-0.4, -0.2) is 45.7 Å². The van der Waals surface area contributed by atoms with Crippen LogP contribution in [0.1, 0.15) is 32.0 Å². The van der Waals surface area contributed by atoms with Gasteiger partial charge in [0.1, 0.15) is 12.2 Å². The molecule has 100 valence electrons. The number of H-pyrrole nitrogens is 1. The maximum absolute atomic E-state index is 12.0. The lowest BCUT2D eigenvalue weighted by molar-refractivity contribution is -0.133. The van der Waals surface area contributed by atoms with Crippen LogP contribution in [0.15, 0.2) is 6.33 Å². The Morgan fingerprint density at radius 1 is 1.61 bits per heavy atom. The third-order valence-corrected chi connectivity index (χ3v) is 3.34. The molecule has 2 rings (SSSR count). The van der Waals surface area contributed by atoms with Crippen molar-refractivity contribution in [2.45, 2.75) is 38.8 Å². The van der Waals surface area contributed by atoms with Gasteiger partial charge in [-0.25, -0.2) is 4.98 Å². The molecule has 0 spiro atoms. The number of aromatic nitrogens is 3. The molecule has 0 aliphatic heterocycles. The normalized spacial score (nSPS) is 22.6. The summed E-state index contributed by atoms with van der Waals surface area (Å²) in [7, 11) is 1.80. The van der Waals surface area contributed by atoms with Crippen LogP contribution in [0.25, 0.3) is 0 Å². The first kappa shape index (κ1) is 13.0. The van der Waals surface area contributed by atoms with E-state index < -0.39 is 0 Å². The number of hydrogen-bond acceptors (Lipinski definition) is 4. The lowest BCUT2D eigenvalue weighted by Crippen LogP contribution is -2.36. The Balaban J connectivity index is 1.69. The van der Waals surface area contributed by atoms with Crippen molar-refractivity contribution < 1.29 is 9.53 Å². The summed E-state index contributed by atoms with van der Waals surface area (Å²) in [6, 6.07) is 0. The van der Waals surface area contributed by atoms with Gasteiger partial charge in [0.2, 0.25) is 5.91 Å². The van der Waals surface area contributed by atoms with E-state index in [0.717, 1.165) is 19.4 Å². The summed E-state index contributed by atoms with van der Waals surface area (Å²) in [5.74, 6) is 1.35. The molecule has 0 unspecified atom stereocenters. The predicted molar refractivity (Wildman–Crippen MR) is 65.6 cm³/mol. The quantitative estimate of drug-likeness (QED) is 0.819. The van der Waals surface area contributed by atoms with Crippen LogP contribution in [0.5, 0.6) is 0 Å². The van der Waals surface area contributed by atoms with Crippen LogP contribution >= 0.6 is 0 Å². The van der Waals surface area contributed by atoms with Gasteiger partial charge in [-0.1, -0.05) is 0 Å². The van der Waals surface area contributed by atoms with E-state index in [1.165, 1.54) is 6.33 Å². The minimum Gasteiger partial charge on any atom is -0.378 e. The Morgan fingerprint density at radius 3 is 3.00 bits per heavy atom. The third kappa shape index (κ3) is 3.29. The summed E-state index contributed by atoms with van der Waals surface area (Å²) in [5.41, 5.74) is 0. The highest BCUT2D eigenvalue weighted by Crippen LogP contribution is 2.33. The highest BCUT2D eigenvalue weighted by atomic mass is 16.5. The van der Waals surface area contributed by atoms with E-state index in [2.05, 4.69) is 15.2 Å². The van der Waals surface area contributed by atoms with Crippen LogP contribution in [0, 0.1) is 5.92 Å². The zero-order chi connectivity index (χ0) is 13.0. The minimum absolute atomic E-state index is 0.159. The van der Waals surface area contributed by atoms with Crippen molar-refractivity contribution >= 4 is 5.91 Å². The van der Waals surface area contributed by atoms with Crippen molar-refractivity contribution in [1.82, 2.24) is 20.1 Å². The van der Waals surface area contributed by atoms with Crippen molar-refractivity contribution in [3.8, 4) is 0 Å². The van der Waals surface area contributed by atoms with Crippen LogP contribution < -0.4 is 0 Å². The Kier molecular flexibility index (Phi) is 4.30. The Morgan fingerprint density at radius 2 is 2.39 bits per heavy atom. The Bertz CT molecular complexity index is 373. The van der Waals surface area contributed by atoms with Gasteiger partial charge in [-0.2, -0.15) is 5.10 Å². The number of carbonyl (C=O) groups excluding carboxylic acids is 1. The highest BCUT2D eigenvalue weighted by molar-refractivity contribution is 5.76. The van der Waals surface area contributed by atoms with Gasteiger partial charge in [0, 0.05) is 20.1 Å². The van der Waals surface area contributed by atoms with Gasteiger partial charge in [-0.15, -0.1) is 0 Å². The molecule has 6 heteroatoms. The summed E-state index contributed by atoms with van der Waals surface area (Å²) < 4.78 is 5.49. The number of carbonyl (C=O) groups is 1. The summed E-state index contributed by atoms with van der Waals surface area (Å²) >= 11 is 0. The van der Waals surface area contributed by atoms with E-state index in [1.807, 2.05) is 6.92 Å². The molecule has 1 fully saturated rings. The lowest BCUT2D eigenvalue weighted by atomic mass is 9.80. The van der Waals surface area contributed by atoms with Crippen molar-refractivity contribution in [3.63, 3.8) is 0 Å². The first-order valence-corrected chi connectivity index (χ1v) is 6.38. The molecule has 6 nitrogen and oxygen atoms in total. The van der Waals surface area contributed by atoms with E-state index in [-0.39, 0.29) is 5.91 Å². The van der Waals surface area contributed by atoms with Gasteiger partial charge in [-0.3, -0.25) is 9.89 Å². The fourth-order valence-corrected chi connectivity index (χ4v) is 2.24. The van der Waals surface area contributed by atoms with Gasteiger partial charge in [0.15, 0.2) is 0 Å².